The summed E-state index contributed by atoms with van der Waals surface area (Å²) in [6.07, 6.45) is -1.01. The number of nitrogens with zero attached hydrogens (tertiary/aromatic N) is 1. The summed E-state index contributed by atoms with van der Waals surface area (Å²) >= 11 is 0. The van der Waals surface area contributed by atoms with Gasteiger partial charge in [0.1, 0.15) is 28.6 Å². The number of rotatable bonds is 4. The molecule has 0 unspecified atom stereocenters. The van der Waals surface area contributed by atoms with Crippen molar-refractivity contribution in [2.24, 2.45) is 16.6 Å². The van der Waals surface area contributed by atoms with Crippen LogP contribution in [0.5, 0.6) is 11.5 Å². The molecule has 4 atom stereocenters. The van der Waals surface area contributed by atoms with E-state index in [0.29, 0.717) is 0 Å². The topological polar surface area (TPSA) is 200 Å². The van der Waals surface area contributed by atoms with Crippen LogP contribution in [0.1, 0.15) is 37.0 Å². The first-order chi connectivity index (χ1) is 20.0. The molecule has 7 N–H and O–H groups in total. The average molecular weight is 592 g/mol. The van der Waals surface area contributed by atoms with E-state index in [9.17, 15) is 39.6 Å². The highest BCUT2D eigenvalue weighted by Crippen LogP contribution is 2.63. The number of nitrogens with one attached hydrogen (secondary N) is 1. The summed E-state index contributed by atoms with van der Waals surface area (Å²) in [6.45, 7) is 4.98. The summed E-state index contributed by atoms with van der Waals surface area (Å²) in [5.74, 6) is -5.28. The molecule has 0 radical (unpaired) electrons. The molecule has 2 aromatic rings. The van der Waals surface area contributed by atoms with Gasteiger partial charge in [-0.3, -0.25) is 24.6 Å². The van der Waals surface area contributed by atoms with E-state index in [1.54, 1.807) is 31.2 Å². The Kier molecular flexibility index (Phi) is 6.71. The van der Waals surface area contributed by atoms with Crippen LogP contribution >= 0.6 is 0 Å². The number of aromatic hydroxyl groups is 1. The summed E-state index contributed by atoms with van der Waals surface area (Å²) in [4.78, 5) is 54.3. The minimum absolute atomic E-state index is 0.0326. The van der Waals surface area contributed by atoms with Crippen molar-refractivity contribution in [3.8, 4) is 11.5 Å². The van der Waals surface area contributed by atoms with Crippen molar-refractivity contribution in [3.63, 3.8) is 0 Å². The van der Waals surface area contributed by atoms with Crippen LogP contribution in [-0.4, -0.2) is 74.6 Å². The van der Waals surface area contributed by atoms with Crippen LogP contribution in [-0.2, 0) is 20.8 Å². The number of benzene rings is 2. The predicted octanol–water partition coefficient (Wildman–Crippen LogP) is 2.66. The van der Waals surface area contributed by atoms with Crippen molar-refractivity contribution < 1.29 is 44.3 Å². The number of aliphatic hydroxyl groups is 3. The van der Waals surface area contributed by atoms with Crippen LogP contribution in [0.25, 0.3) is 5.76 Å². The molecule has 0 aliphatic heterocycles. The van der Waals surface area contributed by atoms with E-state index in [4.69, 9.17) is 10.5 Å². The zero-order chi connectivity index (χ0) is 31.8. The monoisotopic (exact) mass is 591 g/mol. The van der Waals surface area contributed by atoms with Gasteiger partial charge in [0.05, 0.1) is 11.6 Å². The van der Waals surface area contributed by atoms with E-state index in [1.807, 2.05) is 6.92 Å². The first-order valence-corrected chi connectivity index (χ1v) is 13.5. The van der Waals surface area contributed by atoms with Crippen molar-refractivity contribution in [1.82, 2.24) is 4.90 Å². The number of Topliss-reactive ketones (excluding diaryl/α,β-unsaturated/α-hetero) is 2. The number of anilines is 1. The van der Waals surface area contributed by atoms with Gasteiger partial charge in [-0.15, -0.1) is 0 Å². The summed E-state index contributed by atoms with van der Waals surface area (Å²) in [7, 11) is 3.06. The molecule has 0 aromatic heterocycles. The lowest BCUT2D eigenvalue weighted by Gasteiger charge is -2.59. The van der Waals surface area contributed by atoms with Gasteiger partial charge in [-0.2, -0.15) is 0 Å². The third-order valence-corrected chi connectivity index (χ3v) is 8.98. The Labute approximate surface area is 247 Å². The Balaban J connectivity index is 1.66. The summed E-state index contributed by atoms with van der Waals surface area (Å²) in [6, 6.07) is 8.17. The van der Waals surface area contributed by atoms with E-state index in [2.05, 4.69) is 5.32 Å². The number of likely N-dealkylation sites (N-methyl/N-ethyl adjacent to an activating group) is 1. The Morgan fingerprint density at radius 1 is 1.05 bits per heavy atom. The lowest BCUT2D eigenvalue weighted by atomic mass is 9.46. The fourth-order valence-electron chi connectivity index (χ4n) is 7.29. The molecule has 3 aliphatic carbocycles. The van der Waals surface area contributed by atoms with E-state index < -0.39 is 68.9 Å². The average Bonchev–Trinajstić information content (AvgIpc) is 2.88. The number of ketones is 2. The number of amides is 2. The third-order valence-electron chi connectivity index (χ3n) is 8.98. The fraction of sp³-hybridized carbons (Fsp3) is 0.355. The number of phenolic OH excluding ortho intramolecular Hbond substituents is 1. The lowest BCUT2D eigenvalue weighted by molar-refractivity contribution is -0.175. The molecule has 1 fully saturated rings. The summed E-state index contributed by atoms with van der Waals surface area (Å²) < 4.78 is 5.38. The van der Waals surface area contributed by atoms with Gasteiger partial charge < -0.3 is 30.9 Å². The molecule has 2 amide bonds. The Morgan fingerprint density at radius 3 is 2.26 bits per heavy atom. The van der Waals surface area contributed by atoms with E-state index >= 15 is 0 Å². The maximum Gasteiger partial charge on any atom is 0.417 e. The van der Waals surface area contributed by atoms with Crippen LogP contribution in [0.15, 0.2) is 53.3 Å². The number of nitrogens with two attached hydrogens (primary N) is 1. The van der Waals surface area contributed by atoms with Gasteiger partial charge in [-0.05, 0) is 63.7 Å². The number of carbonyl (C=O) groups excluding carboxylic acids is 4. The third kappa shape index (κ3) is 4.12. The van der Waals surface area contributed by atoms with Gasteiger partial charge in [0.2, 0.25) is 5.78 Å². The predicted molar refractivity (Wildman–Crippen MR) is 154 cm³/mol. The van der Waals surface area contributed by atoms with Gasteiger partial charge in [-0.25, -0.2) is 4.79 Å². The highest BCUT2D eigenvalue weighted by atomic mass is 16.6. The van der Waals surface area contributed by atoms with E-state index in [0.717, 1.165) is 5.56 Å². The van der Waals surface area contributed by atoms with Crippen LogP contribution < -0.4 is 15.8 Å². The second kappa shape index (κ2) is 9.68. The van der Waals surface area contributed by atoms with Crippen LogP contribution in [0.2, 0.25) is 0 Å². The molecule has 12 heteroatoms. The maximum atomic E-state index is 14.3. The molecular formula is C31H33N3O9. The molecule has 226 valence electrons. The highest BCUT2D eigenvalue weighted by Gasteiger charge is 2.72. The first-order valence-electron chi connectivity index (χ1n) is 13.5. The zero-order valence-corrected chi connectivity index (χ0v) is 24.3. The van der Waals surface area contributed by atoms with Gasteiger partial charge in [0, 0.05) is 22.1 Å². The van der Waals surface area contributed by atoms with Gasteiger partial charge in [-0.1, -0.05) is 31.5 Å². The zero-order valence-electron chi connectivity index (χ0n) is 24.3. The van der Waals surface area contributed by atoms with Gasteiger partial charge in [0.25, 0.3) is 5.91 Å². The molecule has 43 heavy (non-hydrogen) atoms. The Bertz CT molecular complexity index is 1680. The van der Waals surface area contributed by atoms with Crippen molar-refractivity contribution in [3.05, 3.63) is 70.0 Å². The van der Waals surface area contributed by atoms with Crippen LogP contribution in [0.4, 0.5) is 10.5 Å². The molecule has 1 saturated carbocycles. The number of aliphatic hydroxyl groups excluding tert-OH is 2. The van der Waals surface area contributed by atoms with E-state index in [-0.39, 0.29) is 41.0 Å². The SMILES string of the molecule is Cc1ccc(OC(=O)Nc2ccc(O)c3c2C[C@@]2(C)C[C@@]4(C)[C@H](N(C)C)C(=O)C(C(N)=O)=C(O)[C@@]4(O)C(=O)C2=C3O)cc1. The number of hydrogen-bond acceptors (Lipinski definition) is 10. The quantitative estimate of drug-likeness (QED) is 0.227. The molecule has 2 aromatic carbocycles. The number of ether oxygens (including phenoxy) is 1. The summed E-state index contributed by atoms with van der Waals surface area (Å²) in [5, 5.41) is 48.2. The van der Waals surface area contributed by atoms with Crippen molar-refractivity contribution in [2.45, 2.75) is 45.3 Å². The molecule has 5 rings (SSSR count). The molecule has 0 spiro atoms. The van der Waals surface area contributed by atoms with Crippen molar-refractivity contribution in [1.29, 1.82) is 0 Å². The lowest BCUT2D eigenvalue weighted by Crippen LogP contribution is -2.72. The van der Waals surface area contributed by atoms with Crippen LogP contribution in [0.3, 0.4) is 0 Å². The Morgan fingerprint density at radius 2 is 1.67 bits per heavy atom. The molecule has 0 bridgehead atoms. The number of aryl methyl sites for hydroxylation is 1. The standard InChI is InChI=1S/C31H33N3O9/c1-14-6-8-15(9-7-14)43-28(41)33-17-10-11-18(35)19-16(17)12-29(2)13-30(3)24(34(4)5)23(37)20(27(32)40)25(38)31(30,42)26(39)21(29)22(19)36/h6-11,24,35-36,38,42H,12-13H2,1-5H3,(H2,32,40)(H,33,41)/t24-,29+,30+,31-/m1/s1. The smallest absolute Gasteiger partial charge is 0.417 e. The van der Waals surface area contributed by atoms with Crippen molar-refractivity contribution in [2.75, 3.05) is 19.4 Å². The minimum Gasteiger partial charge on any atom is -0.508 e. The maximum absolute atomic E-state index is 14.3. The number of carbonyl (C=O) groups is 4. The normalized spacial score (nSPS) is 28.3. The number of primary amides is 1. The minimum atomic E-state index is -2.82. The highest BCUT2D eigenvalue weighted by molar-refractivity contribution is 6.25. The molecular weight excluding hydrogens is 558 g/mol. The second-order valence-corrected chi connectivity index (χ2v) is 12.2. The molecule has 0 saturated heterocycles. The summed E-state index contributed by atoms with van der Waals surface area (Å²) in [5.41, 5.74) is -0.313. The molecule has 3 aliphatic rings. The molecule has 0 heterocycles. The number of fused-ring (bicyclic) bond motifs is 3. The largest absolute Gasteiger partial charge is 0.508 e. The van der Waals surface area contributed by atoms with Crippen LogP contribution in [0, 0.1) is 17.8 Å². The fourth-order valence-corrected chi connectivity index (χ4v) is 7.29. The number of phenols is 1. The van der Waals surface area contributed by atoms with Gasteiger partial charge in [0.15, 0.2) is 11.4 Å². The van der Waals surface area contributed by atoms with Gasteiger partial charge >= 0.3 is 6.09 Å². The Hall–Kier alpha value is -4.68. The van der Waals surface area contributed by atoms with Crippen molar-refractivity contribution >= 4 is 35.0 Å². The number of hydrogen-bond donors (Lipinski definition) is 6. The molecule has 12 nitrogen and oxygen atoms in total. The van der Waals surface area contributed by atoms with E-state index in [1.165, 1.54) is 38.1 Å². The second-order valence-electron chi connectivity index (χ2n) is 12.2. The first kappa shape index (κ1) is 29.8.